The monoisotopic (exact) mass is 264 g/mol. The molecule has 2 rings (SSSR count). The third-order valence-electron chi connectivity index (χ3n) is 2.79. The van der Waals surface area contributed by atoms with Crippen molar-refractivity contribution in [3.63, 3.8) is 0 Å². The molecule has 16 heavy (non-hydrogen) atoms. The van der Waals surface area contributed by atoms with Crippen LogP contribution in [0.25, 0.3) is 0 Å². The van der Waals surface area contributed by atoms with Crippen LogP contribution in [0.4, 0.5) is 5.69 Å². The summed E-state index contributed by atoms with van der Waals surface area (Å²) in [6.07, 6.45) is 1.20. The molecule has 1 saturated heterocycles. The highest BCUT2D eigenvalue weighted by Crippen LogP contribution is 2.25. The lowest BCUT2D eigenvalue weighted by Gasteiger charge is -2.18. The molecule has 5 heteroatoms. The molecule has 0 saturated carbocycles. The molecule has 1 aromatic carbocycles. The lowest BCUT2D eigenvalue weighted by molar-refractivity contribution is 0.602. The van der Waals surface area contributed by atoms with Gasteiger partial charge in [0, 0.05) is 23.8 Å². The molecule has 0 spiro atoms. The molecule has 0 amide bonds. The Kier molecular flexibility index (Phi) is 6.76. The van der Waals surface area contributed by atoms with Crippen molar-refractivity contribution in [1.29, 1.82) is 0 Å². The van der Waals surface area contributed by atoms with Crippen molar-refractivity contribution in [3.05, 3.63) is 29.3 Å². The van der Waals surface area contributed by atoms with Crippen molar-refractivity contribution in [2.45, 2.75) is 6.42 Å². The van der Waals surface area contributed by atoms with Gasteiger partial charge in [-0.15, -0.1) is 12.4 Å². The van der Waals surface area contributed by atoms with E-state index < -0.39 is 0 Å². The summed E-state index contributed by atoms with van der Waals surface area (Å²) in [5.74, 6) is 0.647. The quantitative estimate of drug-likeness (QED) is 0.885. The molecule has 0 aromatic heterocycles. The highest BCUT2D eigenvalue weighted by molar-refractivity contribution is 6.30. The minimum absolute atomic E-state index is 0. The first-order valence-corrected chi connectivity index (χ1v) is 5.38. The van der Waals surface area contributed by atoms with Crippen LogP contribution in [0.15, 0.2) is 24.3 Å². The Bertz CT molecular complexity index is 323. The van der Waals surface area contributed by atoms with Crippen molar-refractivity contribution >= 4 is 29.7 Å². The Morgan fingerprint density at radius 3 is 2.75 bits per heavy atom. The van der Waals surface area contributed by atoms with Gasteiger partial charge in [0.15, 0.2) is 0 Å². The molecule has 0 bridgehead atoms. The number of hydrogen-bond acceptors (Lipinski definition) is 2. The molecule has 1 unspecified atom stereocenters. The first-order valence-electron chi connectivity index (χ1n) is 5.00. The van der Waals surface area contributed by atoms with E-state index in [1.165, 1.54) is 12.1 Å². The second-order valence-electron chi connectivity index (χ2n) is 3.82. The molecule has 1 fully saturated rings. The van der Waals surface area contributed by atoms with Gasteiger partial charge in [-0.05, 0) is 37.1 Å². The fourth-order valence-corrected chi connectivity index (χ4v) is 2.12. The van der Waals surface area contributed by atoms with Crippen LogP contribution in [0.2, 0.25) is 5.02 Å². The van der Waals surface area contributed by atoms with Crippen LogP contribution < -0.4 is 10.6 Å². The Morgan fingerprint density at radius 2 is 2.19 bits per heavy atom. The lowest BCUT2D eigenvalue weighted by atomic mass is 10.1. The van der Waals surface area contributed by atoms with E-state index >= 15 is 0 Å². The van der Waals surface area contributed by atoms with Crippen molar-refractivity contribution in [1.82, 2.24) is 0 Å². The van der Waals surface area contributed by atoms with Crippen LogP contribution in [0, 0.1) is 5.92 Å². The number of rotatable bonds is 2. The molecule has 92 valence electrons. The number of benzene rings is 1. The van der Waals surface area contributed by atoms with Crippen LogP contribution in [0.1, 0.15) is 6.42 Å². The van der Waals surface area contributed by atoms with Gasteiger partial charge >= 0.3 is 0 Å². The molecular weight excluding hydrogens is 247 g/mol. The van der Waals surface area contributed by atoms with Gasteiger partial charge in [0.05, 0.1) is 0 Å². The summed E-state index contributed by atoms with van der Waals surface area (Å²) in [6, 6.07) is 8.01. The summed E-state index contributed by atoms with van der Waals surface area (Å²) >= 11 is 5.94. The summed E-state index contributed by atoms with van der Waals surface area (Å²) in [5.41, 5.74) is 6.87. The average molecular weight is 265 g/mol. The van der Waals surface area contributed by atoms with E-state index in [0.29, 0.717) is 5.92 Å². The first-order chi connectivity index (χ1) is 6.79. The molecule has 0 radical (unpaired) electrons. The fourth-order valence-electron chi connectivity index (χ4n) is 1.93. The van der Waals surface area contributed by atoms with E-state index in [0.717, 1.165) is 24.7 Å². The zero-order valence-electron chi connectivity index (χ0n) is 9.03. The molecule has 1 aromatic rings. The van der Waals surface area contributed by atoms with Crippen LogP contribution in [0.5, 0.6) is 0 Å². The number of nitrogens with zero attached hydrogens (tertiary/aromatic N) is 1. The van der Waals surface area contributed by atoms with E-state index in [2.05, 4.69) is 11.0 Å². The Balaban J connectivity index is 0.00000112. The van der Waals surface area contributed by atoms with Gasteiger partial charge in [-0.3, -0.25) is 0 Å². The van der Waals surface area contributed by atoms with Crippen LogP contribution >= 0.6 is 24.0 Å². The molecular formula is C11H18Cl2N2O. The summed E-state index contributed by atoms with van der Waals surface area (Å²) in [5, 5.41) is 0.804. The average Bonchev–Trinajstić information content (AvgIpc) is 2.66. The standard InChI is InChI=1S/C11H15ClN2.ClH.H2O/c12-10-2-1-3-11(6-10)14-5-4-9(7-13)8-14;;/h1-3,6,9H,4-5,7-8,13H2;1H;1H2. The summed E-state index contributed by atoms with van der Waals surface area (Å²) < 4.78 is 0. The Labute approximate surface area is 107 Å². The molecule has 1 atom stereocenters. The molecule has 1 aliphatic heterocycles. The van der Waals surface area contributed by atoms with E-state index in [4.69, 9.17) is 17.3 Å². The van der Waals surface area contributed by atoms with E-state index in [9.17, 15) is 0 Å². The number of hydrogen-bond donors (Lipinski definition) is 1. The van der Waals surface area contributed by atoms with Crippen molar-refractivity contribution < 1.29 is 5.48 Å². The van der Waals surface area contributed by atoms with E-state index in [-0.39, 0.29) is 17.9 Å². The predicted octanol–water partition coefficient (Wildman–Crippen LogP) is 1.72. The maximum atomic E-state index is 5.94. The highest BCUT2D eigenvalue weighted by Gasteiger charge is 2.21. The van der Waals surface area contributed by atoms with Gasteiger partial charge in [-0.1, -0.05) is 17.7 Å². The van der Waals surface area contributed by atoms with Gasteiger partial charge in [-0.25, -0.2) is 0 Å². The fraction of sp³-hybridized carbons (Fsp3) is 0.455. The SMILES string of the molecule is Cl.NCC1CCN(c2cccc(Cl)c2)C1.O. The minimum atomic E-state index is 0. The maximum absolute atomic E-state index is 5.94. The van der Waals surface area contributed by atoms with Crippen LogP contribution in [0.3, 0.4) is 0 Å². The highest BCUT2D eigenvalue weighted by atomic mass is 35.5. The zero-order valence-corrected chi connectivity index (χ0v) is 10.6. The summed E-state index contributed by atoms with van der Waals surface area (Å²) in [7, 11) is 0. The third-order valence-corrected chi connectivity index (χ3v) is 3.03. The molecule has 0 aliphatic carbocycles. The molecule has 4 N–H and O–H groups in total. The van der Waals surface area contributed by atoms with Gasteiger partial charge in [0.1, 0.15) is 0 Å². The maximum Gasteiger partial charge on any atom is 0.0426 e. The van der Waals surface area contributed by atoms with Crippen molar-refractivity contribution in [3.8, 4) is 0 Å². The Morgan fingerprint density at radius 1 is 1.44 bits per heavy atom. The van der Waals surface area contributed by atoms with E-state index in [1.54, 1.807) is 0 Å². The first kappa shape index (κ1) is 15.5. The molecule has 1 heterocycles. The number of nitrogens with two attached hydrogens (primary N) is 1. The smallest absolute Gasteiger partial charge is 0.0426 e. The zero-order chi connectivity index (χ0) is 9.97. The van der Waals surface area contributed by atoms with Crippen molar-refractivity contribution in [2.75, 3.05) is 24.5 Å². The lowest BCUT2D eigenvalue weighted by Crippen LogP contribution is -2.22. The van der Waals surface area contributed by atoms with Crippen LogP contribution in [-0.2, 0) is 0 Å². The third kappa shape index (κ3) is 3.52. The van der Waals surface area contributed by atoms with Crippen molar-refractivity contribution in [2.24, 2.45) is 11.7 Å². The molecule has 3 nitrogen and oxygen atoms in total. The Hall–Kier alpha value is -0.480. The van der Waals surface area contributed by atoms with Gasteiger partial charge in [0.2, 0.25) is 0 Å². The topological polar surface area (TPSA) is 60.8 Å². The molecule has 1 aliphatic rings. The summed E-state index contributed by atoms with van der Waals surface area (Å²) in [4.78, 5) is 2.35. The second kappa shape index (κ2) is 6.97. The minimum Gasteiger partial charge on any atom is -0.412 e. The number of halogens is 2. The summed E-state index contributed by atoms with van der Waals surface area (Å²) in [6.45, 7) is 2.95. The largest absolute Gasteiger partial charge is 0.412 e. The second-order valence-corrected chi connectivity index (χ2v) is 4.25. The van der Waals surface area contributed by atoms with Gasteiger partial charge in [0.25, 0.3) is 0 Å². The van der Waals surface area contributed by atoms with E-state index in [1.807, 2.05) is 18.2 Å². The van der Waals surface area contributed by atoms with Gasteiger partial charge < -0.3 is 16.1 Å². The van der Waals surface area contributed by atoms with Crippen LogP contribution in [-0.4, -0.2) is 25.1 Å². The predicted molar refractivity (Wildman–Crippen MR) is 71.7 cm³/mol. The van der Waals surface area contributed by atoms with Gasteiger partial charge in [-0.2, -0.15) is 0 Å². The number of anilines is 1. The normalized spacial score (nSPS) is 18.9.